The van der Waals surface area contributed by atoms with Gasteiger partial charge < -0.3 is 19.4 Å². The van der Waals surface area contributed by atoms with Gasteiger partial charge in [-0.05, 0) is 89.5 Å². The van der Waals surface area contributed by atoms with E-state index in [1.54, 1.807) is 0 Å². The molecular formula is C59H108N2O7P+. The van der Waals surface area contributed by atoms with Crippen LogP contribution in [0, 0.1) is 0 Å². The van der Waals surface area contributed by atoms with Crippen LogP contribution >= 0.6 is 7.82 Å². The first-order chi connectivity index (χ1) is 33.4. The topological polar surface area (TPSA) is 111 Å². The van der Waals surface area contributed by atoms with E-state index < -0.39 is 20.0 Å². The first kappa shape index (κ1) is 66.5. The summed E-state index contributed by atoms with van der Waals surface area (Å²) in [4.78, 5) is 37.6. The molecular weight excluding hydrogens is 880 g/mol. The zero-order chi connectivity index (χ0) is 50.8. The van der Waals surface area contributed by atoms with Gasteiger partial charge in [-0.25, -0.2) is 4.57 Å². The number of hydrogen-bond donors (Lipinski definition) is 2. The molecule has 0 aliphatic carbocycles. The molecule has 69 heavy (non-hydrogen) atoms. The van der Waals surface area contributed by atoms with E-state index in [4.69, 9.17) is 13.8 Å². The highest BCUT2D eigenvalue weighted by atomic mass is 31.2. The molecule has 0 aromatic carbocycles. The van der Waals surface area contributed by atoms with Gasteiger partial charge in [-0.3, -0.25) is 18.6 Å². The third-order valence-electron chi connectivity index (χ3n) is 12.2. The molecule has 3 unspecified atom stereocenters. The number of amides is 1. The van der Waals surface area contributed by atoms with Gasteiger partial charge in [-0.1, -0.05) is 210 Å². The Morgan fingerprint density at radius 3 is 1.51 bits per heavy atom. The Labute approximate surface area is 425 Å². The van der Waals surface area contributed by atoms with Crippen molar-refractivity contribution in [1.29, 1.82) is 0 Å². The lowest BCUT2D eigenvalue weighted by Gasteiger charge is -2.27. The summed E-state index contributed by atoms with van der Waals surface area (Å²) >= 11 is 0. The number of carbonyl (C=O) groups excluding carboxylic acids is 2. The van der Waals surface area contributed by atoms with E-state index in [0.29, 0.717) is 17.4 Å². The van der Waals surface area contributed by atoms with Gasteiger partial charge in [0.15, 0.2) is 0 Å². The number of esters is 1. The molecule has 0 heterocycles. The zero-order valence-corrected chi connectivity index (χ0v) is 46.4. The highest BCUT2D eigenvalue weighted by molar-refractivity contribution is 7.47. The predicted octanol–water partition coefficient (Wildman–Crippen LogP) is 16.9. The monoisotopic (exact) mass is 988 g/mol. The van der Waals surface area contributed by atoms with Crippen molar-refractivity contribution in [2.75, 3.05) is 40.9 Å². The molecule has 0 radical (unpaired) electrons. The molecule has 0 aliphatic rings. The second-order valence-corrected chi connectivity index (χ2v) is 21.6. The van der Waals surface area contributed by atoms with E-state index in [1.165, 1.54) is 89.9 Å². The highest BCUT2D eigenvalue weighted by Gasteiger charge is 2.30. The van der Waals surface area contributed by atoms with Crippen LogP contribution in [0.15, 0.2) is 72.9 Å². The molecule has 9 nitrogen and oxygen atoms in total. The second kappa shape index (κ2) is 49.0. The molecule has 0 saturated heterocycles. The largest absolute Gasteiger partial charge is 0.472 e. The molecule has 0 bridgehead atoms. The molecule has 2 N–H and O–H groups in total. The number of phosphoric acid groups is 1. The van der Waals surface area contributed by atoms with E-state index in [2.05, 4.69) is 86.8 Å². The van der Waals surface area contributed by atoms with Crippen LogP contribution in [0.2, 0.25) is 0 Å². The fourth-order valence-corrected chi connectivity index (χ4v) is 8.50. The Balaban J connectivity index is 5.41. The minimum Gasteiger partial charge on any atom is -0.456 e. The van der Waals surface area contributed by atoms with Crippen LogP contribution in [0.5, 0.6) is 0 Å². The number of carbonyl (C=O) groups is 2. The average molecular weight is 988 g/mol. The molecule has 3 atom stereocenters. The summed E-state index contributed by atoms with van der Waals surface area (Å²) in [5.74, 6) is -0.536. The first-order valence-corrected chi connectivity index (χ1v) is 29.8. The van der Waals surface area contributed by atoms with Crippen molar-refractivity contribution in [3.05, 3.63) is 72.9 Å². The summed E-state index contributed by atoms with van der Waals surface area (Å²) in [5, 5.41) is 3.04. The lowest BCUT2D eigenvalue weighted by molar-refractivity contribution is -0.870. The van der Waals surface area contributed by atoms with Crippen molar-refractivity contribution in [3.8, 4) is 0 Å². The summed E-state index contributed by atoms with van der Waals surface area (Å²) in [6.45, 7) is 6.84. The summed E-state index contributed by atoms with van der Waals surface area (Å²) in [6, 6.07) is -0.861. The van der Waals surface area contributed by atoms with Crippen LogP contribution in [0.1, 0.15) is 239 Å². The van der Waals surface area contributed by atoms with Gasteiger partial charge in [-0.2, -0.15) is 0 Å². The van der Waals surface area contributed by atoms with Gasteiger partial charge in [0.2, 0.25) is 5.91 Å². The van der Waals surface area contributed by atoms with E-state index in [0.717, 1.165) is 116 Å². The number of likely N-dealkylation sites (N-methyl/N-ethyl adjacent to an activating group) is 1. The molecule has 0 fully saturated rings. The third-order valence-corrected chi connectivity index (χ3v) is 13.1. The molecule has 0 saturated carbocycles. The van der Waals surface area contributed by atoms with E-state index in [1.807, 2.05) is 33.3 Å². The van der Waals surface area contributed by atoms with Gasteiger partial charge in [0.05, 0.1) is 33.8 Å². The van der Waals surface area contributed by atoms with Crippen molar-refractivity contribution >= 4 is 19.7 Å². The van der Waals surface area contributed by atoms with Gasteiger partial charge in [-0.15, -0.1) is 0 Å². The molecule has 10 heteroatoms. The Kier molecular flexibility index (Phi) is 47.2. The maximum absolute atomic E-state index is 13.5. The maximum Gasteiger partial charge on any atom is 0.472 e. The minimum atomic E-state index is -4.45. The van der Waals surface area contributed by atoms with Gasteiger partial charge in [0, 0.05) is 12.8 Å². The van der Waals surface area contributed by atoms with Crippen molar-refractivity contribution in [3.63, 3.8) is 0 Å². The molecule has 400 valence electrons. The van der Waals surface area contributed by atoms with Crippen LogP contribution in [0.4, 0.5) is 0 Å². The van der Waals surface area contributed by atoms with Gasteiger partial charge in [0.1, 0.15) is 19.3 Å². The number of allylic oxidation sites excluding steroid dienone is 11. The Morgan fingerprint density at radius 1 is 0.536 bits per heavy atom. The molecule has 0 aliphatic heterocycles. The third kappa shape index (κ3) is 50.2. The highest BCUT2D eigenvalue weighted by Crippen LogP contribution is 2.43. The standard InChI is InChI=1S/C59H107N2O7P/c1-7-10-13-16-19-22-25-28-30-32-33-36-39-42-45-48-51-58(62)60-56(55-67-69(64,65)66-54-53-61(4,5)6)57(50-47-44-41-38-35-27-24-21-18-15-12-9-3)68-59(63)52-49-46-43-40-37-34-31-29-26-23-20-17-14-11-8-2/h10,13,19-20,22-23,26,28-30,47,50,56-57H,7-9,11-12,14-18,21,24-25,27,31-46,48-49,51-55H2,1-6H3,(H-,60,62,64,65)/p+1/b13-10+,22-19+,23-20+,29-26+,30-28+,50-47+. The molecule has 0 aromatic rings. The summed E-state index contributed by atoms with van der Waals surface area (Å²) in [7, 11) is 1.47. The van der Waals surface area contributed by atoms with Crippen molar-refractivity contribution in [2.45, 2.75) is 251 Å². The Bertz CT molecular complexity index is 1420. The number of nitrogens with one attached hydrogen (secondary N) is 1. The lowest BCUT2D eigenvalue weighted by atomic mass is 10.0. The summed E-state index contributed by atoms with van der Waals surface area (Å²) in [6.07, 6.45) is 61.7. The van der Waals surface area contributed by atoms with Crippen LogP contribution in [-0.4, -0.2) is 74.3 Å². The van der Waals surface area contributed by atoms with Crippen LogP contribution in [0.3, 0.4) is 0 Å². The molecule has 1 amide bonds. The van der Waals surface area contributed by atoms with Crippen LogP contribution in [0.25, 0.3) is 0 Å². The average Bonchev–Trinajstić information content (AvgIpc) is 3.31. The maximum atomic E-state index is 13.5. The Morgan fingerprint density at radius 2 is 0.971 bits per heavy atom. The number of hydrogen-bond acceptors (Lipinski definition) is 6. The summed E-state index contributed by atoms with van der Waals surface area (Å²) < 4.78 is 30.6. The van der Waals surface area contributed by atoms with Crippen molar-refractivity contribution in [1.82, 2.24) is 5.32 Å². The minimum absolute atomic E-state index is 0.0328. The lowest BCUT2D eigenvalue weighted by Crippen LogP contribution is -2.47. The van der Waals surface area contributed by atoms with E-state index >= 15 is 0 Å². The number of phosphoric ester groups is 1. The van der Waals surface area contributed by atoms with Crippen LogP contribution in [-0.2, 0) is 27.9 Å². The smallest absolute Gasteiger partial charge is 0.456 e. The van der Waals surface area contributed by atoms with Gasteiger partial charge in [0.25, 0.3) is 0 Å². The van der Waals surface area contributed by atoms with E-state index in [-0.39, 0.29) is 31.5 Å². The van der Waals surface area contributed by atoms with Gasteiger partial charge >= 0.3 is 13.8 Å². The number of nitrogens with zero attached hydrogens (tertiary/aromatic N) is 1. The molecule has 0 aromatic heterocycles. The SMILES string of the molecule is CC/C=C/C/C=C/C/C=C/CCCCCCCCC(=O)NC(COP(=O)(O)OCC[N+](C)(C)C)C(/C=C/CCCCCCCCCCCC)OC(=O)CCCCCCCC/C=C/C=C/CCCCC. The van der Waals surface area contributed by atoms with Crippen molar-refractivity contribution in [2.24, 2.45) is 0 Å². The number of rotatable bonds is 50. The first-order valence-electron chi connectivity index (χ1n) is 28.3. The fraction of sp³-hybridized carbons (Fsp3) is 0.763. The van der Waals surface area contributed by atoms with E-state index in [9.17, 15) is 19.0 Å². The molecule has 0 spiro atoms. The number of ether oxygens (including phenoxy) is 1. The summed E-state index contributed by atoms with van der Waals surface area (Å²) in [5.41, 5.74) is 0. The van der Waals surface area contributed by atoms with Crippen LogP contribution < -0.4 is 5.32 Å². The normalized spacial score (nSPS) is 14.4. The van der Waals surface area contributed by atoms with Crippen molar-refractivity contribution < 1.29 is 37.3 Å². The Hall–Kier alpha value is -2.55. The number of unbranched alkanes of at least 4 members (excludes halogenated alkanes) is 25. The zero-order valence-electron chi connectivity index (χ0n) is 45.5. The predicted molar refractivity (Wildman–Crippen MR) is 295 cm³/mol. The second-order valence-electron chi connectivity index (χ2n) is 20.1. The number of quaternary nitrogens is 1. The molecule has 0 rings (SSSR count). The quantitative estimate of drug-likeness (QED) is 0.0156. The fourth-order valence-electron chi connectivity index (χ4n) is 7.77.